The highest BCUT2D eigenvalue weighted by molar-refractivity contribution is 5.57. The van der Waals surface area contributed by atoms with Gasteiger partial charge in [-0.1, -0.05) is 0 Å². The topological polar surface area (TPSA) is 63.9 Å². The zero-order chi connectivity index (χ0) is 17.2. The molecule has 0 N–H and O–H groups in total. The Balaban J connectivity index is 1.46. The Labute approximate surface area is 145 Å². The van der Waals surface area contributed by atoms with Crippen LogP contribution >= 0.6 is 0 Å². The summed E-state index contributed by atoms with van der Waals surface area (Å²) in [6, 6.07) is 11.3. The summed E-state index contributed by atoms with van der Waals surface area (Å²) in [5, 5.41) is 4.52. The van der Waals surface area contributed by atoms with Crippen molar-refractivity contribution in [3.8, 4) is 11.3 Å². The van der Waals surface area contributed by atoms with Gasteiger partial charge in [-0.3, -0.25) is 14.8 Å². The lowest BCUT2D eigenvalue weighted by Gasteiger charge is -2.41. The minimum absolute atomic E-state index is 0.0592. The van der Waals surface area contributed by atoms with E-state index in [0.29, 0.717) is 12.5 Å². The first-order valence-electron chi connectivity index (χ1n) is 8.35. The van der Waals surface area contributed by atoms with Gasteiger partial charge in [0.05, 0.1) is 12.2 Å². The third-order valence-electron chi connectivity index (χ3n) is 4.48. The van der Waals surface area contributed by atoms with Gasteiger partial charge < -0.3 is 4.90 Å². The molecular weight excluding hydrogens is 314 g/mol. The van der Waals surface area contributed by atoms with Crippen LogP contribution in [0.2, 0.25) is 0 Å². The van der Waals surface area contributed by atoms with E-state index < -0.39 is 0 Å². The molecule has 1 fully saturated rings. The van der Waals surface area contributed by atoms with E-state index in [2.05, 4.69) is 26.0 Å². The second-order valence-corrected chi connectivity index (χ2v) is 6.40. The molecule has 0 bridgehead atoms. The Bertz CT molecular complexity index is 932. The molecule has 4 rings (SSSR count). The highest BCUT2D eigenvalue weighted by atomic mass is 16.1. The van der Waals surface area contributed by atoms with Gasteiger partial charge in [0.1, 0.15) is 0 Å². The number of hydrogen-bond donors (Lipinski definition) is 0. The second-order valence-electron chi connectivity index (χ2n) is 6.40. The van der Waals surface area contributed by atoms with Crippen LogP contribution in [0.1, 0.15) is 5.69 Å². The summed E-state index contributed by atoms with van der Waals surface area (Å²) in [5.74, 6) is 0.423. The number of pyridine rings is 2. The van der Waals surface area contributed by atoms with Crippen molar-refractivity contribution in [3.05, 3.63) is 71.0 Å². The summed E-state index contributed by atoms with van der Waals surface area (Å²) in [4.78, 5) is 22.7. The first-order chi connectivity index (χ1) is 12.2. The van der Waals surface area contributed by atoms with Crippen molar-refractivity contribution in [1.82, 2.24) is 19.7 Å². The molecule has 0 aliphatic carbocycles. The molecule has 6 heteroatoms. The maximum absolute atomic E-state index is 12.1. The zero-order valence-electron chi connectivity index (χ0n) is 14.0. The van der Waals surface area contributed by atoms with Gasteiger partial charge in [0.2, 0.25) is 0 Å². The fourth-order valence-electron chi connectivity index (χ4n) is 3.12. The highest BCUT2D eigenvalue weighted by Crippen LogP contribution is 2.25. The molecule has 0 radical (unpaired) electrons. The molecule has 1 aliphatic rings. The predicted octanol–water partition coefficient (Wildman–Crippen LogP) is 2.15. The molecule has 0 atom stereocenters. The third-order valence-corrected chi connectivity index (χ3v) is 4.48. The normalized spacial score (nSPS) is 14.4. The Morgan fingerprint density at radius 1 is 1.08 bits per heavy atom. The first kappa shape index (κ1) is 15.5. The fourth-order valence-corrected chi connectivity index (χ4v) is 3.12. The van der Waals surface area contributed by atoms with Crippen molar-refractivity contribution in [2.24, 2.45) is 5.92 Å². The Kier molecular flexibility index (Phi) is 4.01. The standard InChI is InChI=1S/C19H19N5O/c1-14-10-17(6-9-21-14)23-11-15(12-23)13-24-19(25)3-2-18(22-24)16-4-7-20-8-5-16/h2-10,15H,11-13H2,1H3. The van der Waals surface area contributed by atoms with Gasteiger partial charge in [0.25, 0.3) is 5.56 Å². The van der Waals surface area contributed by atoms with Crippen molar-refractivity contribution in [1.29, 1.82) is 0 Å². The Hall–Kier alpha value is -3.02. The van der Waals surface area contributed by atoms with Crippen LogP contribution in [0.4, 0.5) is 5.69 Å². The fraction of sp³-hybridized carbons (Fsp3) is 0.263. The second kappa shape index (κ2) is 6.47. The molecule has 4 heterocycles. The SMILES string of the molecule is Cc1cc(N2CC(Cn3nc(-c4ccncc4)ccc3=O)C2)ccn1. The number of rotatable bonds is 4. The van der Waals surface area contributed by atoms with Gasteiger partial charge >= 0.3 is 0 Å². The van der Waals surface area contributed by atoms with Gasteiger partial charge in [-0.25, -0.2) is 4.68 Å². The molecule has 1 aliphatic heterocycles. The van der Waals surface area contributed by atoms with E-state index in [0.717, 1.165) is 30.0 Å². The number of aromatic nitrogens is 4. The molecule has 0 amide bonds. The number of anilines is 1. The lowest BCUT2D eigenvalue weighted by molar-refractivity contribution is 0.335. The molecule has 0 aromatic carbocycles. The van der Waals surface area contributed by atoms with E-state index in [1.807, 2.05) is 31.3 Å². The van der Waals surface area contributed by atoms with E-state index in [-0.39, 0.29) is 5.56 Å². The van der Waals surface area contributed by atoms with Gasteiger partial charge in [-0.05, 0) is 37.3 Å². The van der Waals surface area contributed by atoms with Crippen LogP contribution in [0.5, 0.6) is 0 Å². The monoisotopic (exact) mass is 333 g/mol. The van der Waals surface area contributed by atoms with Gasteiger partial charge in [-0.15, -0.1) is 0 Å². The smallest absolute Gasteiger partial charge is 0.266 e. The summed E-state index contributed by atoms with van der Waals surface area (Å²) in [5.41, 5.74) is 3.91. The van der Waals surface area contributed by atoms with Crippen molar-refractivity contribution >= 4 is 5.69 Å². The molecular formula is C19H19N5O. The third kappa shape index (κ3) is 3.28. The molecule has 6 nitrogen and oxygen atoms in total. The average Bonchev–Trinajstić information content (AvgIpc) is 2.60. The minimum Gasteiger partial charge on any atom is -0.371 e. The first-order valence-corrected chi connectivity index (χ1v) is 8.35. The molecule has 3 aromatic rings. The van der Waals surface area contributed by atoms with Crippen LogP contribution in [0, 0.1) is 12.8 Å². The molecule has 25 heavy (non-hydrogen) atoms. The van der Waals surface area contributed by atoms with Gasteiger partial charge in [-0.2, -0.15) is 5.10 Å². The summed E-state index contributed by atoms with van der Waals surface area (Å²) < 4.78 is 1.58. The molecule has 3 aromatic heterocycles. The van der Waals surface area contributed by atoms with Crippen molar-refractivity contribution in [2.75, 3.05) is 18.0 Å². The predicted molar refractivity (Wildman–Crippen MR) is 96.4 cm³/mol. The van der Waals surface area contributed by atoms with E-state index >= 15 is 0 Å². The molecule has 0 unspecified atom stereocenters. The molecule has 0 spiro atoms. The maximum atomic E-state index is 12.1. The van der Waals surface area contributed by atoms with Crippen LogP contribution in [-0.2, 0) is 6.54 Å². The summed E-state index contributed by atoms with van der Waals surface area (Å²) in [6.07, 6.45) is 5.29. The Morgan fingerprint density at radius 3 is 2.64 bits per heavy atom. The van der Waals surface area contributed by atoms with E-state index in [1.54, 1.807) is 29.2 Å². The summed E-state index contributed by atoms with van der Waals surface area (Å²) in [6.45, 7) is 4.49. The van der Waals surface area contributed by atoms with Crippen molar-refractivity contribution in [3.63, 3.8) is 0 Å². The maximum Gasteiger partial charge on any atom is 0.266 e. The lowest BCUT2D eigenvalue weighted by Crippen LogP contribution is -2.49. The Morgan fingerprint density at radius 2 is 1.88 bits per heavy atom. The quantitative estimate of drug-likeness (QED) is 0.732. The van der Waals surface area contributed by atoms with Crippen LogP contribution in [-0.4, -0.2) is 32.8 Å². The minimum atomic E-state index is -0.0592. The number of hydrogen-bond acceptors (Lipinski definition) is 5. The van der Waals surface area contributed by atoms with Gasteiger partial charge in [0, 0.05) is 60.6 Å². The van der Waals surface area contributed by atoms with Gasteiger partial charge in [0.15, 0.2) is 0 Å². The van der Waals surface area contributed by atoms with Crippen LogP contribution < -0.4 is 10.5 Å². The highest BCUT2D eigenvalue weighted by Gasteiger charge is 2.28. The number of nitrogens with zero attached hydrogens (tertiary/aromatic N) is 5. The molecule has 0 saturated carbocycles. The number of aryl methyl sites for hydroxylation is 1. The van der Waals surface area contributed by atoms with E-state index in [9.17, 15) is 4.79 Å². The zero-order valence-corrected chi connectivity index (χ0v) is 14.0. The summed E-state index contributed by atoms with van der Waals surface area (Å²) in [7, 11) is 0. The average molecular weight is 333 g/mol. The van der Waals surface area contributed by atoms with E-state index in [1.165, 1.54) is 5.69 Å². The lowest BCUT2D eigenvalue weighted by atomic mass is 9.99. The molecule has 1 saturated heterocycles. The van der Waals surface area contributed by atoms with Crippen LogP contribution in [0.15, 0.2) is 59.8 Å². The van der Waals surface area contributed by atoms with Crippen molar-refractivity contribution in [2.45, 2.75) is 13.5 Å². The summed E-state index contributed by atoms with van der Waals surface area (Å²) >= 11 is 0. The largest absolute Gasteiger partial charge is 0.371 e. The van der Waals surface area contributed by atoms with Crippen LogP contribution in [0.3, 0.4) is 0 Å². The van der Waals surface area contributed by atoms with E-state index in [4.69, 9.17) is 0 Å². The van der Waals surface area contributed by atoms with Crippen LogP contribution in [0.25, 0.3) is 11.3 Å². The van der Waals surface area contributed by atoms with Crippen molar-refractivity contribution < 1.29 is 0 Å². The molecule has 126 valence electrons.